The summed E-state index contributed by atoms with van der Waals surface area (Å²) in [7, 11) is 0. The highest BCUT2D eigenvalue weighted by Gasteiger charge is 2.22. The highest BCUT2D eigenvalue weighted by Crippen LogP contribution is 2.30. The topological polar surface area (TPSA) is 47.0 Å². The van der Waals surface area contributed by atoms with E-state index in [0.717, 1.165) is 11.4 Å². The number of benzene rings is 1. The van der Waals surface area contributed by atoms with E-state index >= 15 is 0 Å². The number of halogens is 1. The predicted octanol–water partition coefficient (Wildman–Crippen LogP) is 3.26. The maximum atomic E-state index is 14.1. The largest absolute Gasteiger partial charge is 0.490 e. The Labute approximate surface area is 129 Å². The lowest BCUT2D eigenvalue weighted by Crippen LogP contribution is -2.19. The van der Waals surface area contributed by atoms with Crippen molar-refractivity contribution in [1.29, 1.82) is 0 Å². The highest BCUT2D eigenvalue weighted by molar-refractivity contribution is 5.31. The van der Waals surface area contributed by atoms with E-state index in [-0.39, 0.29) is 11.9 Å². The van der Waals surface area contributed by atoms with Crippen LogP contribution in [0.15, 0.2) is 36.7 Å². The number of hydrogen-bond acceptors (Lipinski definition) is 4. The molecule has 1 fully saturated rings. The molecule has 1 aromatic carbocycles. The summed E-state index contributed by atoms with van der Waals surface area (Å²) in [4.78, 5) is 8.31. The molecule has 1 atom stereocenters. The smallest absolute Gasteiger partial charge is 0.165 e. The highest BCUT2D eigenvalue weighted by atomic mass is 19.1. The molecule has 0 bridgehead atoms. The van der Waals surface area contributed by atoms with Gasteiger partial charge >= 0.3 is 0 Å². The van der Waals surface area contributed by atoms with Gasteiger partial charge in [0.15, 0.2) is 11.6 Å². The van der Waals surface area contributed by atoms with Crippen molar-refractivity contribution < 1.29 is 9.13 Å². The van der Waals surface area contributed by atoms with Crippen LogP contribution in [-0.2, 0) is 6.54 Å². The van der Waals surface area contributed by atoms with Gasteiger partial charge in [-0.25, -0.2) is 14.4 Å². The molecule has 116 valence electrons. The Balaban J connectivity index is 1.57. The summed E-state index contributed by atoms with van der Waals surface area (Å²) in [5, 5.41) is 3.29. The lowest BCUT2D eigenvalue weighted by Gasteiger charge is -2.15. The van der Waals surface area contributed by atoms with Crippen LogP contribution >= 0.6 is 0 Å². The molecule has 0 radical (unpaired) electrons. The lowest BCUT2D eigenvalue weighted by atomic mass is 10.1. The Hall–Kier alpha value is -2.01. The zero-order valence-electron chi connectivity index (χ0n) is 12.6. The van der Waals surface area contributed by atoms with E-state index in [9.17, 15) is 4.39 Å². The molecule has 0 spiro atoms. The second-order valence-corrected chi connectivity index (χ2v) is 5.71. The van der Waals surface area contributed by atoms with Crippen molar-refractivity contribution in [1.82, 2.24) is 15.3 Å². The Kier molecular flexibility index (Phi) is 4.63. The van der Waals surface area contributed by atoms with Gasteiger partial charge in [0.1, 0.15) is 5.82 Å². The molecule has 4 nitrogen and oxygen atoms in total. The summed E-state index contributed by atoms with van der Waals surface area (Å²) in [5.74, 6) is 1.38. The molecule has 1 unspecified atom stereocenters. The van der Waals surface area contributed by atoms with Crippen molar-refractivity contribution in [3.05, 3.63) is 53.9 Å². The fourth-order valence-electron chi connectivity index (χ4n) is 2.18. The summed E-state index contributed by atoms with van der Waals surface area (Å²) >= 11 is 0. The van der Waals surface area contributed by atoms with Crippen molar-refractivity contribution in [2.24, 2.45) is 5.92 Å². The second kappa shape index (κ2) is 6.83. The zero-order chi connectivity index (χ0) is 15.4. The number of aromatic nitrogens is 2. The standard InChI is InChI=1S/C17H20FN3O/c1-12(21-10-17-19-7-2-8-20-17)14-5-6-16(15(18)9-14)22-11-13-3-4-13/h2,5-9,12-13,21H,3-4,10-11H2,1H3. The van der Waals surface area contributed by atoms with Gasteiger partial charge in [0.25, 0.3) is 0 Å². The van der Waals surface area contributed by atoms with E-state index < -0.39 is 0 Å². The van der Waals surface area contributed by atoms with Crippen LogP contribution in [0.25, 0.3) is 0 Å². The van der Waals surface area contributed by atoms with E-state index in [0.29, 0.717) is 24.8 Å². The van der Waals surface area contributed by atoms with Gasteiger partial charge in [0, 0.05) is 18.4 Å². The Morgan fingerprint density at radius 3 is 2.77 bits per heavy atom. The van der Waals surface area contributed by atoms with Crippen LogP contribution in [-0.4, -0.2) is 16.6 Å². The van der Waals surface area contributed by atoms with Crippen LogP contribution in [0.3, 0.4) is 0 Å². The molecule has 5 heteroatoms. The summed E-state index contributed by atoms with van der Waals surface area (Å²) in [5.41, 5.74) is 0.882. The number of nitrogens with zero attached hydrogens (tertiary/aromatic N) is 2. The maximum Gasteiger partial charge on any atom is 0.165 e. The molecule has 1 aromatic heterocycles. The maximum absolute atomic E-state index is 14.1. The predicted molar refractivity (Wildman–Crippen MR) is 81.9 cm³/mol. The van der Waals surface area contributed by atoms with E-state index in [2.05, 4.69) is 15.3 Å². The van der Waals surface area contributed by atoms with Crippen molar-refractivity contribution in [3.8, 4) is 5.75 Å². The first-order valence-corrected chi connectivity index (χ1v) is 7.64. The zero-order valence-corrected chi connectivity index (χ0v) is 12.6. The van der Waals surface area contributed by atoms with Crippen LogP contribution in [0, 0.1) is 11.7 Å². The van der Waals surface area contributed by atoms with Gasteiger partial charge in [0.05, 0.1) is 13.2 Å². The van der Waals surface area contributed by atoms with Gasteiger partial charge < -0.3 is 10.1 Å². The minimum atomic E-state index is -0.303. The molecule has 2 aromatic rings. The van der Waals surface area contributed by atoms with E-state index in [4.69, 9.17) is 4.74 Å². The first-order chi connectivity index (χ1) is 10.7. The molecule has 1 heterocycles. The molecule has 3 rings (SSSR count). The molecule has 0 saturated heterocycles. The molecule has 0 aliphatic heterocycles. The molecule has 1 aliphatic carbocycles. The second-order valence-electron chi connectivity index (χ2n) is 5.71. The van der Waals surface area contributed by atoms with Crippen LogP contribution in [0.5, 0.6) is 5.75 Å². The third-order valence-corrected chi connectivity index (χ3v) is 3.81. The molecule has 1 N–H and O–H groups in total. The normalized spacial score (nSPS) is 15.5. The monoisotopic (exact) mass is 301 g/mol. The van der Waals surface area contributed by atoms with Crippen molar-refractivity contribution in [3.63, 3.8) is 0 Å². The first kappa shape index (κ1) is 14.9. The van der Waals surface area contributed by atoms with Crippen LogP contribution in [0.2, 0.25) is 0 Å². The average Bonchev–Trinajstić information content (AvgIpc) is 3.36. The van der Waals surface area contributed by atoms with Crippen LogP contribution < -0.4 is 10.1 Å². The van der Waals surface area contributed by atoms with Crippen molar-refractivity contribution >= 4 is 0 Å². The first-order valence-electron chi connectivity index (χ1n) is 7.64. The van der Waals surface area contributed by atoms with Gasteiger partial charge in [-0.3, -0.25) is 0 Å². The van der Waals surface area contributed by atoms with Crippen LogP contribution in [0.1, 0.15) is 37.2 Å². The third kappa shape index (κ3) is 4.01. The number of nitrogens with one attached hydrogen (secondary N) is 1. The Morgan fingerprint density at radius 1 is 1.32 bits per heavy atom. The number of ether oxygens (including phenoxy) is 1. The minimum absolute atomic E-state index is 0.00999. The number of rotatable bonds is 7. The molecule has 1 aliphatic rings. The van der Waals surface area contributed by atoms with Gasteiger partial charge in [-0.1, -0.05) is 6.07 Å². The molecule has 22 heavy (non-hydrogen) atoms. The minimum Gasteiger partial charge on any atom is -0.490 e. The summed E-state index contributed by atoms with van der Waals surface area (Å²) in [6.45, 7) is 3.15. The van der Waals surface area contributed by atoms with Gasteiger partial charge in [0.2, 0.25) is 0 Å². The van der Waals surface area contributed by atoms with E-state index in [1.807, 2.05) is 13.0 Å². The lowest BCUT2D eigenvalue weighted by molar-refractivity contribution is 0.285. The average molecular weight is 301 g/mol. The summed E-state index contributed by atoms with van der Waals surface area (Å²) in [6, 6.07) is 6.93. The Bertz CT molecular complexity index is 617. The molecular weight excluding hydrogens is 281 g/mol. The SMILES string of the molecule is CC(NCc1ncccn1)c1ccc(OCC2CC2)c(F)c1. The van der Waals surface area contributed by atoms with Gasteiger partial charge in [-0.05, 0) is 49.4 Å². The summed E-state index contributed by atoms with van der Waals surface area (Å²) in [6.07, 6.45) is 5.81. The van der Waals surface area contributed by atoms with Crippen LogP contribution in [0.4, 0.5) is 4.39 Å². The quantitative estimate of drug-likeness (QED) is 0.852. The summed E-state index contributed by atoms with van der Waals surface area (Å²) < 4.78 is 19.6. The fraction of sp³-hybridized carbons (Fsp3) is 0.412. The fourth-order valence-corrected chi connectivity index (χ4v) is 2.18. The van der Waals surface area contributed by atoms with E-state index in [1.165, 1.54) is 18.9 Å². The molecule has 1 saturated carbocycles. The Morgan fingerprint density at radius 2 is 2.09 bits per heavy atom. The van der Waals surface area contributed by atoms with E-state index in [1.54, 1.807) is 24.5 Å². The van der Waals surface area contributed by atoms with Gasteiger partial charge in [-0.2, -0.15) is 0 Å². The third-order valence-electron chi connectivity index (χ3n) is 3.81. The number of hydrogen-bond donors (Lipinski definition) is 1. The van der Waals surface area contributed by atoms with Gasteiger partial charge in [-0.15, -0.1) is 0 Å². The van der Waals surface area contributed by atoms with Crippen molar-refractivity contribution in [2.75, 3.05) is 6.61 Å². The molecular formula is C17H20FN3O. The van der Waals surface area contributed by atoms with Crippen molar-refractivity contribution in [2.45, 2.75) is 32.4 Å². The molecule has 0 amide bonds.